The van der Waals surface area contributed by atoms with Crippen LogP contribution in [0, 0.1) is 13.8 Å². The van der Waals surface area contributed by atoms with Crippen molar-refractivity contribution >= 4 is 5.82 Å². The zero-order chi connectivity index (χ0) is 13.8. The van der Waals surface area contributed by atoms with Gasteiger partial charge in [-0.15, -0.1) is 0 Å². The number of nitrogens with zero attached hydrogens (tertiary/aromatic N) is 2. The quantitative estimate of drug-likeness (QED) is 0.902. The lowest BCUT2D eigenvalue weighted by molar-refractivity contribution is 0.860. The van der Waals surface area contributed by atoms with Gasteiger partial charge in [0, 0.05) is 6.20 Å². The fourth-order valence-corrected chi connectivity index (χ4v) is 2.00. The van der Waals surface area contributed by atoms with Gasteiger partial charge >= 0.3 is 0 Å². The van der Waals surface area contributed by atoms with Gasteiger partial charge in [0.2, 0.25) is 0 Å². The van der Waals surface area contributed by atoms with E-state index in [0.717, 1.165) is 23.6 Å². The Balaban J connectivity index is 2.15. The molecule has 1 unspecified atom stereocenters. The first kappa shape index (κ1) is 13.5. The Morgan fingerprint density at radius 1 is 1.16 bits per heavy atom. The van der Waals surface area contributed by atoms with Crippen LogP contribution in [0.1, 0.15) is 42.4 Å². The van der Waals surface area contributed by atoms with E-state index in [-0.39, 0.29) is 6.04 Å². The first-order chi connectivity index (χ1) is 9.10. The van der Waals surface area contributed by atoms with E-state index in [9.17, 15) is 0 Å². The van der Waals surface area contributed by atoms with Crippen LogP contribution in [0.5, 0.6) is 0 Å². The number of nitrogens with one attached hydrogen (secondary N) is 1. The average Bonchev–Trinajstić information content (AvgIpc) is 2.43. The van der Waals surface area contributed by atoms with Crippen LogP contribution in [-0.2, 0) is 6.42 Å². The third kappa shape index (κ3) is 3.31. The largest absolute Gasteiger partial charge is 0.362 e. The summed E-state index contributed by atoms with van der Waals surface area (Å²) >= 11 is 0. The topological polar surface area (TPSA) is 37.8 Å². The average molecular weight is 255 g/mol. The maximum atomic E-state index is 4.50. The van der Waals surface area contributed by atoms with Crippen LogP contribution in [0.4, 0.5) is 5.82 Å². The Kier molecular flexibility index (Phi) is 4.15. The van der Waals surface area contributed by atoms with Gasteiger partial charge in [0.15, 0.2) is 0 Å². The lowest BCUT2D eigenvalue weighted by atomic mass is 10.0. The number of anilines is 1. The third-order valence-corrected chi connectivity index (χ3v) is 3.32. The summed E-state index contributed by atoms with van der Waals surface area (Å²) in [5.41, 5.74) is 4.49. The fourth-order valence-electron chi connectivity index (χ4n) is 2.00. The van der Waals surface area contributed by atoms with E-state index < -0.39 is 0 Å². The van der Waals surface area contributed by atoms with Gasteiger partial charge in [-0.3, -0.25) is 4.98 Å². The SMILES string of the molecule is CCc1ccc(C(C)Nc2nc(C)cnc2C)cc1. The Hall–Kier alpha value is -1.90. The van der Waals surface area contributed by atoms with E-state index in [1.807, 2.05) is 13.8 Å². The van der Waals surface area contributed by atoms with E-state index in [0.29, 0.717) is 0 Å². The molecule has 3 nitrogen and oxygen atoms in total. The zero-order valence-electron chi connectivity index (χ0n) is 12.1. The van der Waals surface area contributed by atoms with Crippen molar-refractivity contribution in [3.8, 4) is 0 Å². The molecule has 0 fully saturated rings. The summed E-state index contributed by atoms with van der Waals surface area (Å²) in [4.78, 5) is 8.83. The number of hydrogen-bond donors (Lipinski definition) is 1. The molecule has 2 rings (SSSR count). The summed E-state index contributed by atoms with van der Waals surface area (Å²) in [5, 5.41) is 3.43. The Morgan fingerprint density at radius 2 is 1.84 bits per heavy atom. The van der Waals surface area contributed by atoms with Gasteiger partial charge < -0.3 is 5.32 Å². The highest BCUT2D eigenvalue weighted by Gasteiger charge is 2.08. The van der Waals surface area contributed by atoms with E-state index >= 15 is 0 Å². The van der Waals surface area contributed by atoms with Gasteiger partial charge in [-0.1, -0.05) is 31.2 Å². The van der Waals surface area contributed by atoms with Gasteiger partial charge in [-0.05, 0) is 38.3 Å². The first-order valence-corrected chi connectivity index (χ1v) is 6.75. The summed E-state index contributed by atoms with van der Waals surface area (Å²) in [7, 11) is 0. The van der Waals surface area contributed by atoms with Crippen LogP contribution >= 0.6 is 0 Å². The van der Waals surface area contributed by atoms with Gasteiger partial charge in [0.1, 0.15) is 5.82 Å². The molecule has 0 aliphatic carbocycles. The molecule has 0 saturated carbocycles. The van der Waals surface area contributed by atoms with Gasteiger partial charge in [-0.2, -0.15) is 0 Å². The van der Waals surface area contributed by atoms with Crippen LogP contribution in [0.15, 0.2) is 30.5 Å². The first-order valence-electron chi connectivity index (χ1n) is 6.75. The summed E-state index contributed by atoms with van der Waals surface area (Å²) in [6.07, 6.45) is 2.87. The van der Waals surface area contributed by atoms with Crippen LogP contribution in [0.25, 0.3) is 0 Å². The highest BCUT2D eigenvalue weighted by molar-refractivity contribution is 5.42. The number of hydrogen-bond acceptors (Lipinski definition) is 3. The molecule has 0 aliphatic heterocycles. The zero-order valence-corrected chi connectivity index (χ0v) is 12.1. The van der Waals surface area contributed by atoms with Crippen LogP contribution in [-0.4, -0.2) is 9.97 Å². The van der Waals surface area contributed by atoms with Gasteiger partial charge in [0.05, 0.1) is 17.4 Å². The number of aryl methyl sites for hydroxylation is 3. The molecule has 3 heteroatoms. The molecule has 0 spiro atoms. The number of aromatic nitrogens is 2. The molecular weight excluding hydrogens is 234 g/mol. The minimum atomic E-state index is 0.223. The van der Waals surface area contributed by atoms with Crippen molar-refractivity contribution in [1.29, 1.82) is 0 Å². The standard InChI is InChI=1S/C16H21N3/c1-5-14-6-8-15(9-7-14)12(3)19-16-13(4)17-10-11(2)18-16/h6-10,12H,5H2,1-4H3,(H,18,19). The van der Waals surface area contributed by atoms with Crippen molar-refractivity contribution < 1.29 is 0 Å². The van der Waals surface area contributed by atoms with Crippen molar-refractivity contribution in [2.75, 3.05) is 5.32 Å². The summed E-state index contributed by atoms with van der Waals surface area (Å²) in [6, 6.07) is 8.94. The van der Waals surface area contributed by atoms with Crippen molar-refractivity contribution in [2.45, 2.75) is 40.2 Å². The third-order valence-electron chi connectivity index (χ3n) is 3.32. The minimum absolute atomic E-state index is 0.223. The highest BCUT2D eigenvalue weighted by Crippen LogP contribution is 2.20. The number of rotatable bonds is 4. The van der Waals surface area contributed by atoms with E-state index in [2.05, 4.69) is 53.4 Å². The second-order valence-corrected chi connectivity index (χ2v) is 4.91. The minimum Gasteiger partial charge on any atom is -0.362 e. The molecule has 2 aromatic rings. The maximum absolute atomic E-state index is 4.50. The molecule has 1 atom stereocenters. The maximum Gasteiger partial charge on any atom is 0.148 e. The molecule has 0 saturated heterocycles. The molecule has 100 valence electrons. The van der Waals surface area contributed by atoms with Crippen LogP contribution < -0.4 is 5.32 Å². The molecule has 0 aliphatic rings. The van der Waals surface area contributed by atoms with Crippen LogP contribution in [0.2, 0.25) is 0 Å². The van der Waals surface area contributed by atoms with Crippen molar-refractivity contribution in [3.05, 3.63) is 53.0 Å². The summed E-state index contributed by atoms with van der Waals surface area (Å²) in [6.45, 7) is 8.24. The van der Waals surface area contributed by atoms with Crippen LogP contribution in [0.3, 0.4) is 0 Å². The number of benzene rings is 1. The van der Waals surface area contributed by atoms with E-state index in [1.54, 1.807) is 6.20 Å². The highest BCUT2D eigenvalue weighted by atomic mass is 15.0. The molecule has 0 bridgehead atoms. The molecular formula is C16H21N3. The predicted octanol–water partition coefficient (Wildman–Crippen LogP) is 3.83. The second-order valence-electron chi connectivity index (χ2n) is 4.91. The lowest BCUT2D eigenvalue weighted by Gasteiger charge is -2.16. The van der Waals surface area contributed by atoms with Gasteiger partial charge in [0.25, 0.3) is 0 Å². The smallest absolute Gasteiger partial charge is 0.148 e. The molecule has 1 aromatic heterocycles. The van der Waals surface area contributed by atoms with Crippen molar-refractivity contribution in [3.63, 3.8) is 0 Å². The monoisotopic (exact) mass is 255 g/mol. The molecule has 1 aromatic carbocycles. The normalized spacial score (nSPS) is 12.2. The Labute approximate surface area is 115 Å². The fraction of sp³-hybridized carbons (Fsp3) is 0.375. The molecule has 0 amide bonds. The summed E-state index contributed by atoms with van der Waals surface area (Å²) in [5.74, 6) is 0.868. The van der Waals surface area contributed by atoms with E-state index in [4.69, 9.17) is 0 Å². The molecule has 1 N–H and O–H groups in total. The van der Waals surface area contributed by atoms with E-state index in [1.165, 1.54) is 11.1 Å². The Bertz CT molecular complexity index is 546. The van der Waals surface area contributed by atoms with Gasteiger partial charge in [-0.25, -0.2) is 4.98 Å². The lowest BCUT2D eigenvalue weighted by Crippen LogP contribution is -2.10. The second kappa shape index (κ2) is 5.83. The predicted molar refractivity (Wildman–Crippen MR) is 79.4 cm³/mol. The van der Waals surface area contributed by atoms with Crippen molar-refractivity contribution in [2.24, 2.45) is 0 Å². The summed E-state index contributed by atoms with van der Waals surface area (Å²) < 4.78 is 0. The van der Waals surface area contributed by atoms with Crippen molar-refractivity contribution in [1.82, 2.24) is 9.97 Å². The molecule has 1 heterocycles. The molecule has 0 radical (unpaired) electrons. The molecule has 19 heavy (non-hydrogen) atoms. The Morgan fingerprint density at radius 3 is 2.47 bits per heavy atom.